The summed E-state index contributed by atoms with van der Waals surface area (Å²) in [4.78, 5) is 12.8. The first-order chi connectivity index (χ1) is 6.65. The summed E-state index contributed by atoms with van der Waals surface area (Å²) in [6.07, 6.45) is 0. The second kappa shape index (κ2) is 5.17. The number of rotatable bonds is 4. The Morgan fingerprint density at radius 1 is 1.43 bits per heavy atom. The van der Waals surface area contributed by atoms with Gasteiger partial charge in [0.05, 0.1) is 0 Å². The summed E-state index contributed by atoms with van der Waals surface area (Å²) >= 11 is 1.78. The largest absolute Gasteiger partial charge is 0.349 e. The van der Waals surface area contributed by atoms with E-state index in [-0.39, 0.29) is 11.8 Å². The van der Waals surface area contributed by atoms with Crippen molar-refractivity contribution in [3.8, 4) is 0 Å². The number of benzene rings is 1. The summed E-state index contributed by atoms with van der Waals surface area (Å²) in [7, 11) is 0. The number of quaternary nitrogens is 1. The molecule has 2 nitrogen and oxygen atoms in total. The van der Waals surface area contributed by atoms with Crippen LogP contribution in [0.15, 0.2) is 29.2 Å². The van der Waals surface area contributed by atoms with Crippen molar-refractivity contribution in [1.82, 2.24) is 0 Å². The minimum atomic E-state index is -0.167. The first kappa shape index (κ1) is 11.3. The third kappa shape index (κ3) is 2.86. The van der Waals surface area contributed by atoms with Crippen LogP contribution < -0.4 is 5.73 Å². The first-order valence-corrected chi connectivity index (χ1v) is 5.74. The van der Waals surface area contributed by atoms with Crippen LogP contribution in [-0.2, 0) is 0 Å². The molecule has 76 valence electrons. The van der Waals surface area contributed by atoms with Crippen LogP contribution in [0.4, 0.5) is 0 Å². The number of Topliss-reactive ketones (excluding diaryl/α,β-unsaturated/α-hetero) is 1. The third-order valence-corrected chi connectivity index (χ3v) is 2.79. The van der Waals surface area contributed by atoms with E-state index in [0.29, 0.717) is 0 Å². The van der Waals surface area contributed by atoms with Gasteiger partial charge in [-0.3, -0.25) is 4.79 Å². The number of hydrogen-bond donors (Lipinski definition) is 1. The van der Waals surface area contributed by atoms with Crippen molar-refractivity contribution >= 4 is 17.5 Å². The van der Waals surface area contributed by atoms with Crippen LogP contribution in [0.5, 0.6) is 0 Å². The van der Waals surface area contributed by atoms with Crippen molar-refractivity contribution in [3.05, 3.63) is 29.8 Å². The summed E-state index contributed by atoms with van der Waals surface area (Å²) in [6.45, 7) is 3.93. The molecular weight excluding hydrogens is 194 g/mol. The molecule has 0 aliphatic heterocycles. The smallest absolute Gasteiger partial charge is 0.219 e. The molecule has 0 saturated heterocycles. The van der Waals surface area contributed by atoms with Crippen LogP contribution in [0.2, 0.25) is 0 Å². The lowest BCUT2D eigenvalue weighted by molar-refractivity contribution is -0.393. The highest BCUT2D eigenvalue weighted by atomic mass is 32.2. The topological polar surface area (TPSA) is 44.7 Å². The van der Waals surface area contributed by atoms with Gasteiger partial charge in [-0.25, -0.2) is 0 Å². The molecule has 3 N–H and O–H groups in total. The summed E-state index contributed by atoms with van der Waals surface area (Å²) in [5.74, 6) is 1.16. The maximum Gasteiger partial charge on any atom is 0.219 e. The van der Waals surface area contributed by atoms with E-state index in [1.807, 2.05) is 31.2 Å². The van der Waals surface area contributed by atoms with Crippen molar-refractivity contribution in [3.63, 3.8) is 0 Å². The number of thioether (sulfide) groups is 1. The van der Waals surface area contributed by atoms with Crippen LogP contribution in [0.25, 0.3) is 0 Å². The van der Waals surface area contributed by atoms with Crippen LogP contribution in [0, 0.1) is 0 Å². The zero-order valence-corrected chi connectivity index (χ0v) is 9.43. The lowest BCUT2D eigenvalue weighted by atomic mass is 10.1. The van der Waals surface area contributed by atoms with E-state index in [0.717, 1.165) is 11.3 Å². The van der Waals surface area contributed by atoms with Gasteiger partial charge in [0, 0.05) is 10.5 Å². The second-order valence-electron chi connectivity index (χ2n) is 3.22. The van der Waals surface area contributed by atoms with Crippen molar-refractivity contribution in [2.75, 3.05) is 5.75 Å². The van der Waals surface area contributed by atoms with Crippen molar-refractivity contribution < 1.29 is 10.5 Å². The fourth-order valence-electron chi connectivity index (χ4n) is 1.17. The predicted octanol–water partition coefficient (Wildman–Crippen LogP) is 1.61. The molecule has 0 aliphatic rings. The molecule has 0 amide bonds. The van der Waals surface area contributed by atoms with Gasteiger partial charge in [0.25, 0.3) is 0 Å². The summed E-state index contributed by atoms with van der Waals surface area (Å²) < 4.78 is 0. The predicted molar refractivity (Wildman–Crippen MR) is 59.5 cm³/mol. The molecule has 0 heterocycles. The van der Waals surface area contributed by atoms with Crippen LogP contribution in [0.1, 0.15) is 24.2 Å². The number of hydrogen-bond acceptors (Lipinski definition) is 2. The number of carbonyl (C=O) groups excluding carboxylic acids is 1. The van der Waals surface area contributed by atoms with Crippen LogP contribution in [-0.4, -0.2) is 17.6 Å². The average Bonchev–Trinajstić information content (AvgIpc) is 2.18. The molecule has 1 aromatic rings. The van der Waals surface area contributed by atoms with E-state index in [4.69, 9.17) is 0 Å². The number of ketones is 1. The molecule has 0 spiro atoms. The molecule has 1 aromatic carbocycles. The van der Waals surface area contributed by atoms with Gasteiger partial charge in [0.2, 0.25) is 5.78 Å². The Labute approximate surface area is 88.9 Å². The van der Waals surface area contributed by atoms with Gasteiger partial charge in [0.15, 0.2) is 0 Å². The molecule has 0 bridgehead atoms. The zero-order valence-electron chi connectivity index (χ0n) is 8.62. The van der Waals surface area contributed by atoms with Gasteiger partial charge in [-0.15, -0.1) is 11.8 Å². The normalized spacial score (nSPS) is 12.5. The summed E-state index contributed by atoms with van der Waals surface area (Å²) in [6, 6.07) is 7.57. The van der Waals surface area contributed by atoms with Crippen LogP contribution in [0.3, 0.4) is 0 Å². The lowest BCUT2D eigenvalue weighted by Gasteiger charge is -2.03. The van der Waals surface area contributed by atoms with Gasteiger partial charge in [-0.1, -0.05) is 19.1 Å². The summed E-state index contributed by atoms with van der Waals surface area (Å²) in [5, 5.41) is 0. The maximum absolute atomic E-state index is 11.5. The molecule has 0 saturated carbocycles. The fourth-order valence-corrected chi connectivity index (χ4v) is 1.83. The van der Waals surface area contributed by atoms with E-state index >= 15 is 0 Å². The highest BCUT2D eigenvalue weighted by Crippen LogP contribution is 2.17. The molecule has 1 unspecified atom stereocenters. The quantitative estimate of drug-likeness (QED) is 0.606. The Hall–Kier alpha value is -0.800. The maximum atomic E-state index is 11.5. The highest BCUT2D eigenvalue weighted by molar-refractivity contribution is 7.99. The molecule has 0 aromatic heterocycles. The minimum absolute atomic E-state index is 0.109. The van der Waals surface area contributed by atoms with Gasteiger partial charge in [-0.05, 0) is 24.8 Å². The molecule has 1 rings (SSSR count). The highest BCUT2D eigenvalue weighted by Gasteiger charge is 2.12. The van der Waals surface area contributed by atoms with E-state index < -0.39 is 0 Å². The second-order valence-corrected chi connectivity index (χ2v) is 4.56. The lowest BCUT2D eigenvalue weighted by Crippen LogP contribution is -2.63. The van der Waals surface area contributed by atoms with Gasteiger partial charge in [-0.2, -0.15) is 0 Å². The average molecular weight is 210 g/mol. The Bertz CT molecular complexity index is 306. The van der Waals surface area contributed by atoms with Crippen molar-refractivity contribution in [2.45, 2.75) is 24.8 Å². The molecule has 14 heavy (non-hydrogen) atoms. The molecule has 0 fully saturated rings. The van der Waals surface area contributed by atoms with Gasteiger partial charge >= 0.3 is 0 Å². The van der Waals surface area contributed by atoms with Crippen molar-refractivity contribution in [1.29, 1.82) is 0 Å². The van der Waals surface area contributed by atoms with E-state index in [1.54, 1.807) is 11.8 Å². The molecule has 3 heteroatoms. The Balaban J connectivity index is 2.78. The van der Waals surface area contributed by atoms with E-state index in [9.17, 15) is 4.79 Å². The van der Waals surface area contributed by atoms with E-state index in [1.165, 1.54) is 4.90 Å². The monoisotopic (exact) mass is 210 g/mol. The Morgan fingerprint density at radius 3 is 2.43 bits per heavy atom. The first-order valence-electron chi connectivity index (χ1n) is 4.75. The fraction of sp³-hybridized carbons (Fsp3) is 0.364. The third-order valence-electron chi connectivity index (χ3n) is 1.90. The molecular formula is C11H16NOS+. The Morgan fingerprint density at radius 2 is 2.00 bits per heavy atom. The molecule has 0 radical (unpaired) electrons. The van der Waals surface area contributed by atoms with E-state index in [2.05, 4.69) is 12.7 Å². The number of carbonyl (C=O) groups is 1. The minimum Gasteiger partial charge on any atom is -0.349 e. The molecule has 0 aliphatic carbocycles. The Kier molecular flexibility index (Phi) is 4.17. The van der Waals surface area contributed by atoms with Crippen LogP contribution >= 0.6 is 11.8 Å². The molecule has 1 atom stereocenters. The van der Waals surface area contributed by atoms with Gasteiger partial charge < -0.3 is 5.73 Å². The summed E-state index contributed by atoms with van der Waals surface area (Å²) in [5.41, 5.74) is 4.48. The zero-order chi connectivity index (χ0) is 10.6. The van der Waals surface area contributed by atoms with Gasteiger partial charge in [0.1, 0.15) is 6.04 Å². The van der Waals surface area contributed by atoms with Crippen molar-refractivity contribution in [2.24, 2.45) is 0 Å². The SMILES string of the molecule is CCSc1ccc(C(=O)C(C)[NH3+])cc1. The standard InChI is InChI=1S/C11H15NOS/c1-3-14-10-6-4-9(5-7-10)11(13)8(2)12/h4-8H,3,12H2,1-2H3/p+1.